The van der Waals surface area contributed by atoms with Crippen molar-refractivity contribution in [2.24, 2.45) is 5.92 Å². The molecule has 0 radical (unpaired) electrons. The van der Waals surface area contributed by atoms with Crippen LogP contribution in [0.15, 0.2) is 34.7 Å². The lowest BCUT2D eigenvalue weighted by molar-refractivity contribution is -0.125. The van der Waals surface area contributed by atoms with Gasteiger partial charge in [-0.25, -0.2) is 0 Å². The summed E-state index contributed by atoms with van der Waals surface area (Å²) < 4.78 is 11.3. The minimum Gasteiger partial charge on any atom is -0.405 e. The number of nitrogens with zero attached hydrogens (tertiary/aromatic N) is 3. The molecule has 1 aromatic carbocycles. The third-order valence-electron chi connectivity index (χ3n) is 5.10. The summed E-state index contributed by atoms with van der Waals surface area (Å²) in [6.45, 7) is 2.76. The average Bonchev–Trinajstić information content (AvgIpc) is 3.39. The van der Waals surface area contributed by atoms with Crippen molar-refractivity contribution in [3.05, 3.63) is 41.8 Å². The molecule has 26 heavy (non-hydrogen) atoms. The number of carbonyl (C=O) groups excluding carboxylic acids is 1. The van der Waals surface area contributed by atoms with Gasteiger partial charge in [0, 0.05) is 19.0 Å². The molecule has 1 saturated carbocycles. The predicted molar refractivity (Wildman–Crippen MR) is 95.7 cm³/mol. The smallest absolute Gasteiger partial charge is 0.318 e. The third-order valence-corrected chi connectivity index (χ3v) is 5.10. The molecule has 7 heteroatoms. The Morgan fingerprint density at radius 2 is 1.85 bits per heavy atom. The fourth-order valence-electron chi connectivity index (χ4n) is 3.61. The largest absolute Gasteiger partial charge is 0.405 e. The van der Waals surface area contributed by atoms with E-state index < -0.39 is 6.04 Å². The van der Waals surface area contributed by atoms with Crippen LogP contribution in [0.3, 0.4) is 0 Å². The van der Waals surface area contributed by atoms with E-state index in [-0.39, 0.29) is 11.8 Å². The number of amides is 1. The maximum atomic E-state index is 12.7. The number of anilines is 1. The molecule has 0 bridgehead atoms. The highest BCUT2D eigenvalue weighted by Crippen LogP contribution is 2.28. The van der Waals surface area contributed by atoms with Gasteiger partial charge in [0.25, 0.3) is 0 Å². The van der Waals surface area contributed by atoms with Gasteiger partial charge in [-0.1, -0.05) is 48.3 Å². The molecule has 2 aromatic rings. The zero-order valence-electron chi connectivity index (χ0n) is 14.8. The number of hydrogen-bond acceptors (Lipinski definition) is 6. The monoisotopic (exact) mass is 356 g/mol. The molecule has 1 aromatic heterocycles. The standard InChI is InChI=1S/C19H24N4O3/c24-17(15-8-4-5-9-15)20-16(14-6-2-1-3-7-14)18-21-22-19(26-18)23-10-12-25-13-11-23/h1-3,6-7,15-16H,4-5,8-13H2,(H,20,24)/t16-/m0/s1. The van der Waals surface area contributed by atoms with Crippen LogP contribution in [-0.4, -0.2) is 42.4 Å². The van der Waals surface area contributed by atoms with Crippen LogP contribution in [0.25, 0.3) is 0 Å². The Kier molecular flexibility index (Phi) is 5.15. The van der Waals surface area contributed by atoms with Gasteiger partial charge in [-0.3, -0.25) is 4.79 Å². The normalized spacial score (nSPS) is 19.5. The van der Waals surface area contributed by atoms with Crippen molar-refractivity contribution in [3.8, 4) is 0 Å². The second kappa shape index (κ2) is 7.86. The summed E-state index contributed by atoms with van der Waals surface area (Å²) in [6, 6.07) is 9.85. The Labute approximate surface area is 152 Å². The van der Waals surface area contributed by atoms with Crippen molar-refractivity contribution in [2.45, 2.75) is 31.7 Å². The predicted octanol–water partition coefficient (Wildman–Crippen LogP) is 2.30. The molecule has 0 spiro atoms. The molecule has 0 unspecified atom stereocenters. The molecule has 138 valence electrons. The molecule has 1 atom stereocenters. The van der Waals surface area contributed by atoms with Crippen molar-refractivity contribution in [1.82, 2.24) is 15.5 Å². The molecule has 1 aliphatic carbocycles. The van der Waals surface area contributed by atoms with Gasteiger partial charge >= 0.3 is 6.01 Å². The molecule has 4 rings (SSSR count). The summed E-state index contributed by atoms with van der Waals surface area (Å²) >= 11 is 0. The lowest BCUT2D eigenvalue weighted by Gasteiger charge is -2.24. The van der Waals surface area contributed by atoms with Gasteiger partial charge in [0.2, 0.25) is 11.8 Å². The first kappa shape index (κ1) is 17.0. The van der Waals surface area contributed by atoms with Gasteiger partial charge in [0.15, 0.2) is 0 Å². The van der Waals surface area contributed by atoms with E-state index in [1.165, 1.54) is 0 Å². The van der Waals surface area contributed by atoms with Crippen LogP contribution in [-0.2, 0) is 9.53 Å². The summed E-state index contributed by atoms with van der Waals surface area (Å²) in [4.78, 5) is 14.7. The van der Waals surface area contributed by atoms with Crippen molar-refractivity contribution in [3.63, 3.8) is 0 Å². The summed E-state index contributed by atoms with van der Waals surface area (Å²) in [7, 11) is 0. The summed E-state index contributed by atoms with van der Waals surface area (Å²) in [5, 5.41) is 11.6. The second-order valence-corrected chi connectivity index (χ2v) is 6.86. The van der Waals surface area contributed by atoms with Gasteiger partial charge in [0.05, 0.1) is 13.2 Å². The van der Waals surface area contributed by atoms with Gasteiger partial charge in [-0.05, 0) is 18.4 Å². The fourth-order valence-corrected chi connectivity index (χ4v) is 3.61. The molecule has 2 heterocycles. The summed E-state index contributed by atoms with van der Waals surface area (Å²) in [6.07, 6.45) is 4.15. The fraction of sp³-hybridized carbons (Fsp3) is 0.526. The number of aromatic nitrogens is 2. The Hall–Kier alpha value is -2.41. The number of ether oxygens (including phenoxy) is 1. The van der Waals surface area contributed by atoms with Crippen LogP contribution in [0, 0.1) is 5.92 Å². The van der Waals surface area contributed by atoms with E-state index in [0.29, 0.717) is 25.1 Å². The molecule has 1 saturated heterocycles. The first-order valence-corrected chi connectivity index (χ1v) is 9.32. The van der Waals surface area contributed by atoms with Gasteiger partial charge in [-0.2, -0.15) is 0 Å². The molecule has 2 aliphatic rings. The molecular formula is C19H24N4O3. The maximum absolute atomic E-state index is 12.7. The van der Waals surface area contributed by atoms with Crippen LogP contribution in [0.4, 0.5) is 6.01 Å². The highest BCUT2D eigenvalue weighted by molar-refractivity contribution is 5.79. The average molecular weight is 356 g/mol. The number of benzene rings is 1. The zero-order chi connectivity index (χ0) is 17.8. The van der Waals surface area contributed by atoms with Crippen molar-refractivity contribution in [2.75, 3.05) is 31.2 Å². The number of rotatable bonds is 5. The molecule has 1 amide bonds. The minimum absolute atomic E-state index is 0.0717. The summed E-state index contributed by atoms with van der Waals surface area (Å²) in [5.41, 5.74) is 0.941. The first-order chi connectivity index (χ1) is 12.8. The SMILES string of the molecule is O=C(N[C@@H](c1ccccc1)c1nnc(N2CCOCC2)o1)C1CCCC1. The molecule has 2 fully saturated rings. The van der Waals surface area contributed by atoms with E-state index in [2.05, 4.69) is 15.5 Å². The summed E-state index contributed by atoms with van der Waals surface area (Å²) in [5.74, 6) is 0.578. The maximum Gasteiger partial charge on any atom is 0.318 e. The van der Waals surface area contributed by atoms with Crippen molar-refractivity contribution in [1.29, 1.82) is 0 Å². The Morgan fingerprint density at radius 1 is 1.12 bits per heavy atom. The van der Waals surface area contributed by atoms with Gasteiger partial charge in [-0.15, -0.1) is 5.10 Å². The van der Waals surface area contributed by atoms with Crippen LogP contribution in [0.5, 0.6) is 0 Å². The van der Waals surface area contributed by atoms with Gasteiger partial charge < -0.3 is 19.4 Å². The van der Waals surface area contributed by atoms with E-state index in [1.807, 2.05) is 35.2 Å². The number of nitrogens with one attached hydrogen (secondary N) is 1. The van der Waals surface area contributed by atoms with E-state index in [1.54, 1.807) is 0 Å². The Morgan fingerprint density at radius 3 is 2.58 bits per heavy atom. The van der Waals surface area contributed by atoms with Crippen LogP contribution >= 0.6 is 0 Å². The molecule has 1 N–H and O–H groups in total. The van der Waals surface area contributed by atoms with E-state index >= 15 is 0 Å². The lowest BCUT2D eigenvalue weighted by Crippen LogP contribution is -2.36. The van der Waals surface area contributed by atoms with Crippen LogP contribution in [0.1, 0.15) is 43.2 Å². The lowest BCUT2D eigenvalue weighted by atomic mass is 10.0. The van der Waals surface area contributed by atoms with Crippen molar-refractivity contribution < 1.29 is 13.9 Å². The van der Waals surface area contributed by atoms with Crippen LogP contribution < -0.4 is 10.2 Å². The molecular weight excluding hydrogens is 332 g/mol. The van der Waals surface area contributed by atoms with Crippen LogP contribution in [0.2, 0.25) is 0 Å². The van der Waals surface area contributed by atoms with E-state index in [4.69, 9.17) is 9.15 Å². The quantitative estimate of drug-likeness (QED) is 0.885. The molecule has 7 nitrogen and oxygen atoms in total. The third kappa shape index (κ3) is 3.72. The number of morpholine rings is 1. The van der Waals surface area contributed by atoms with E-state index in [9.17, 15) is 4.79 Å². The highest BCUT2D eigenvalue weighted by atomic mass is 16.5. The first-order valence-electron chi connectivity index (χ1n) is 9.32. The minimum atomic E-state index is -0.424. The van der Waals surface area contributed by atoms with E-state index in [0.717, 1.165) is 44.3 Å². The second-order valence-electron chi connectivity index (χ2n) is 6.86. The Balaban J connectivity index is 1.56. The van der Waals surface area contributed by atoms with Gasteiger partial charge in [0.1, 0.15) is 6.04 Å². The highest BCUT2D eigenvalue weighted by Gasteiger charge is 2.29. The topological polar surface area (TPSA) is 80.5 Å². The number of carbonyl (C=O) groups is 1. The molecule has 1 aliphatic heterocycles. The number of hydrogen-bond donors (Lipinski definition) is 1. The van der Waals surface area contributed by atoms with Crippen molar-refractivity contribution >= 4 is 11.9 Å². The zero-order valence-corrected chi connectivity index (χ0v) is 14.8. The Bertz CT molecular complexity index is 721.